The molecule has 0 aliphatic rings. The molecule has 0 aliphatic carbocycles. The number of nitrogens with one attached hydrogen (secondary N) is 1. The zero-order chi connectivity index (χ0) is 9.84. The molecule has 0 saturated carbocycles. The normalized spacial score (nSPS) is 10.2. The van der Waals surface area contributed by atoms with Gasteiger partial charge in [-0.05, 0) is 6.07 Å². The standard InChI is InChI=1S/C8H10ClN3O/c1-12(2)11-8(13)6-3-4-10-5-7(6)9/h3-5H,1-2H3,(H,11,13). The highest BCUT2D eigenvalue weighted by Gasteiger charge is 2.09. The van der Waals surface area contributed by atoms with Crippen molar-refractivity contribution in [3.63, 3.8) is 0 Å². The Kier molecular flexibility index (Phi) is 3.22. The average molecular weight is 200 g/mol. The molecule has 0 atom stereocenters. The van der Waals surface area contributed by atoms with Crippen LogP contribution in [0.4, 0.5) is 0 Å². The van der Waals surface area contributed by atoms with Gasteiger partial charge in [0.1, 0.15) is 0 Å². The van der Waals surface area contributed by atoms with Crippen LogP contribution in [0.25, 0.3) is 0 Å². The highest BCUT2D eigenvalue weighted by atomic mass is 35.5. The fourth-order valence-electron chi connectivity index (χ4n) is 0.823. The molecule has 1 N–H and O–H groups in total. The summed E-state index contributed by atoms with van der Waals surface area (Å²) in [5, 5.41) is 1.90. The number of carbonyl (C=O) groups excluding carboxylic acids is 1. The van der Waals surface area contributed by atoms with E-state index in [1.165, 1.54) is 12.4 Å². The molecule has 1 heterocycles. The highest BCUT2D eigenvalue weighted by Crippen LogP contribution is 2.12. The summed E-state index contributed by atoms with van der Waals surface area (Å²) in [6, 6.07) is 1.57. The van der Waals surface area contributed by atoms with Crippen molar-refractivity contribution < 1.29 is 4.79 Å². The van der Waals surface area contributed by atoms with E-state index < -0.39 is 0 Å². The lowest BCUT2D eigenvalue weighted by Gasteiger charge is -2.11. The summed E-state index contributed by atoms with van der Waals surface area (Å²) in [5.74, 6) is -0.239. The minimum atomic E-state index is -0.239. The first-order valence-corrected chi connectivity index (χ1v) is 4.07. The largest absolute Gasteiger partial charge is 0.285 e. The van der Waals surface area contributed by atoms with Crippen molar-refractivity contribution in [2.24, 2.45) is 0 Å². The number of hydrogen-bond acceptors (Lipinski definition) is 3. The first-order valence-electron chi connectivity index (χ1n) is 3.69. The molecule has 1 aromatic heterocycles. The number of halogens is 1. The van der Waals surface area contributed by atoms with Crippen LogP contribution in [0.15, 0.2) is 18.5 Å². The summed E-state index contributed by atoms with van der Waals surface area (Å²) in [5.41, 5.74) is 3.00. The van der Waals surface area contributed by atoms with Gasteiger partial charge in [0.25, 0.3) is 5.91 Å². The van der Waals surface area contributed by atoms with E-state index in [-0.39, 0.29) is 5.91 Å². The molecule has 0 bridgehead atoms. The fraction of sp³-hybridized carbons (Fsp3) is 0.250. The zero-order valence-electron chi connectivity index (χ0n) is 7.41. The van der Waals surface area contributed by atoms with Crippen molar-refractivity contribution in [3.05, 3.63) is 29.0 Å². The highest BCUT2D eigenvalue weighted by molar-refractivity contribution is 6.33. The van der Waals surface area contributed by atoms with Crippen molar-refractivity contribution in [2.45, 2.75) is 0 Å². The Morgan fingerprint density at radius 2 is 2.31 bits per heavy atom. The number of nitrogens with zero attached hydrogens (tertiary/aromatic N) is 2. The van der Waals surface area contributed by atoms with Crippen molar-refractivity contribution in [2.75, 3.05) is 14.1 Å². The van der Waals surface area contributed by atoms with Gasteiger partial charge in [-0.1, -0.05) is 11.6 Å². The van der Waals surface area contributed by atoms with E-state index in [0.717, 1.165) is 0 Å². The van der Waals surface area contributed by atoms with Gasteiger partial charge in [-0.15, -0.1) is 0 Å². The van der Waals surface area contributed by atoms with E-state index in [0.29, 0.717) is 10.6 Å². The lowest BCUT2D eigenvalue weighted by atomic mass is 10.2. The molecular formula is C8H10ClN3O. The average Bonchev–Trinajstić information content (AvgIpc) is 2.03. The Bertz CT molecular complexity index is 314. The number of hydrogen-bond donors (Lipinski definition) is 1. The van der Waals surface area contributed by atoms with Gasteiger partial charge >= 0.3 is 0 Å². The number of pyridine rings is 1. The van der Waals surface area contributed by atoms with Crippen molar-refractivity contribution in [3.8, 4) is 0 Å². The monoisotopic (exact) mass is 199 g/mol. The Morgan fingerprint density at radius 3 is 2.85 bits per heavy atom. The van der Waals surface area contributed by atoms with Gasteiger partial charge in [0.2, 0.25) is 0 Å². The predicted molar refractivity (Wildman–Crippen MR) is 50.4 cm³/mol. The second kappa shape index (κ2) is 4.20. The molecule has 1 aromatic rings. The Balaban J connectivity index is 2.83. The topological polar surface area (TPSA) is 45.2 Å². The summed E-state index contributed by atoms with van der Waals surface area (Å²) in [6.07, 6.45) is 2.96. The lowest BCUT2D eigenvalue weighted by molar-refractivity contribution is 0.0857. The number of hydrazine groups is 1. The first kappa shape index (κ1) is 9.95. The smallest absolute Gasteiger partial charge is 0.267 e. The molecule has 0 radical (unpaired) electrons. The molecular weight excluding hydrogens is 190 g/mol. The second-order valence-electron chi connectivity index (χ2n) is 2.69. The minimum absolute atomic E-state index is 0.239. The first-order chi connectivity index (χ1) is 6.11. The van der Waals surface area contributed by atoms with Crippen LogP contribution < -0.4 is 5.43 Å². The van der Waals surface area contributed by atoms with E-state index in [9.17, 15) is 4.79 Å². The van der Waals surface area contributed by atoms with E-state index in [1.807, 2.05) is 0 Å². The number of amides is 1. The maximum absolute atomic E-state index is 11.4. The minimum Gasteiger partial charge on any atom is -0.285 e. The predicted octanol–water partition coefficient (Wildman–Crippen LogP) is 0.941. The van der Waals surface area contributed by atoms with Crippen LogP contribution in [-0.2, 0) is 0 Å². The quantitative estimate of drug-likeness (QED) is 0.722. The maximum atomic E-state index is 11.4. The Morgan fingerprint density at radius 1 is 1.62 bits per heavy atom. The van der Waals surface area contributed by atoms with Crippen molar-refractivity contribution >= 4 is 17.5 Å². The number of aromatic nitrogens is 1. The molecule has 0 fully saturated rings. The van der Waals surface area contributed by atoms with Crippen LogP contribution >= 0.6 is 11.6 Å². The molecule has 5 heteroatoms. The molecule has 0 unspecified atom stereocenters. The van der Waals surface area contributed by atoms with Crippen LogP contribution in [0.1, 0.15) is 10.4 Å². The zero-order valence-corrected chi connectivity index (χ0v) is 8.17. The van der Waals surface area contributed by atoms with Crippen molar-refractivity contribution in [1.82, 2.24) is 15.4 Å². The molecule has 13 heavy (non-hydrogen) atoms. The van der Waals surface area contributed by atoms with Gasteiger partial charge in [-0.3, -0.25) is 15.2 Å². The van der Waals surface area contributed by atoms with Gasteiger partial charge in [0, 0.05) is 26.5 Å². The molecule has 0 aliphatic heterocycles. The fourth-order valence-corrected chi connectivity index (χ4v) is 1.03. The van der Waals surface area contributed by atoms with Crippen LogP contribution in [-0.4, -0.2) is 30.0 Å². The van der Waals surface area contributed by atoms with Gasteiger partial charge < -0.3 is 0 Å². The van der Waals surface area contributed by atoms with Crippen molar-refractivity contribution in [1.29, 1.82) is 0 Å². The third-order valence-electron chi connectivity index (χ3n) is 1.34. The van der Waals surface area contributed by atoms with Gasteiger partial charge in [-0.25, -0.2) is 5.01 Å². The molecule has 0 aromatic carbocycles. The van der Waals surface area contributed by atoms with Gasteiger partial charge in [0.05, 0.1) is 10.6 Å². The third kappa shape index (κ3) is 2.68. The Hall–Kier alpha value is -1.13. The summed E-state index contributed by atoms with van der Waals surface area (Å²) >= 11 is 5.76. The third-order valence-corrected chi connectivity index (χ3v) is 1.64. The number of rotatable bonds is 2. The molecule has 1 amide bonds. The van der Waals surface area contributed by atoms with Crippen LogP contribution in [0.2, 0.25) is 5.02 Å². The number of carbonyl (C=O) groups is 1. The van der Waals surface area contributed by atoms with Crippen LogP contribution in [0.3, 0.4) is 0 Å². The van der Waals surface area contributed by atoms with Gasteiger partial charge in [0.15, 0.2) is 0 Å². The maximum Gasteiger partial charge on any atom is 0.267 e. The van der Waals surface area contributed by atoms with Crippen LogP contribution in [0, 0.1) is 0 Å². The summed E-state index contributed by atoms with van der Waals surface area (Å²) in [4.78, 5) is 15.2. The Labute approximate surface area is 81.5 Å². The van der Waals surface area contributed by atoms with Gasteiger partial charge in [-0.2, -0.15) is 0 Å². The molecule has 0 spiro atoms. The van der Waals surface area contributed by atoms with E-state index in [1.54, 1.807) is 25.2 Å². The summed E-state index contributed by atoms with van der Waals surface area (Å²) in [7, 11) is 3.46. The molecule has 1 rings (SSSR count). The van der Waals surface area contributed by atoms with Crippen LogP contribution in [0.5, 0.6) is 0 Å². The summed E-state index contributed by atoms with van der Waals surface area (Å²) in [6.45, 7) is 0. The molecule has 70 valence electrons. The summed E-state index contributed by atoms with van der Waals surface area (Å²) < 4.78 is 0. The second-order valence-corrected chi connectivity index (χ2v) is 3.10. The molecule has 0 saturated heterocycles. The SMILES string of the molecule is CN(C)NC(=O)c1ccncc1Cl. The molecule has 4 nitrogen and oxygen atoms in total. The lowest BCUT2D eigenvalue weighted by Crippen LogP contribution is -2.36. The van der Waals surface area contributed by atoms with E-state index in [2.05, 4.69) is 10.4 Å². The van der Waals surface area contributed by atoms with E-state index >= 15 is 0 Å². The van der Waals surface area contributed by atoms with E-state index in [4.69, 9.17) is 11.6 Å².